The van der Waals surface area contributed by atoms with Crippen LogP contribution in [0.15, 0.2) is 36.7 Å². The van der Waals surface area contributed by atoms with Crippen molar-refractivity contribution in [3.63, 3.8) is 0 Å². The first-order valence-electron chi connectivity index (χ1n) is 9.19. The van der Waals surface area contributed by atoms with E-state index in [1.807, 2.05) is 11.0 Å². The van der Waals surface area contributed by atoms with Crippen molar-refractivity contribution in [1.82, 2.24) is 19.7 Å². The van der Waals surface area contributed by atoms with Gasteiger partial charge >= 0.3 is 0 Å². The number of amides is 1. The normalized spacial score (nSPS) is 22.2. The lowest BCUT2D eigenvalue weighted by Gasteiger charge is -2.56. The van der Waals surface area contributed by atoms with Gasteiger partial charge in [-0.25, -0.2) is 9.67 Å². The Labute approximate surface area is 149 Å². The lowest BCUT2D eigenvalue weighted by Crippen LogP contribution is -2.59. The summed E-state index contributed by atoms with van der Waals surface area (Å²) in [6.45, 7) is 7.00. The van der Waals surface area contributed by atoms with Gasteiger partial charge in [0.05, 0.1) is 11.6 Å². The molecule has 2 aromatic rings. The van der Waals surface area contributed by atoms with Gasteiger partial charge in [-0.05, 0) is 39.2 Å². The largest absolute Gasteiger partial charge is 0.328 e. The molecular weight excluding hydrogens is 312 g/mol. The number of benzene rings is 1. The number of hydrogen-bond donors (Lipinski definition) is 0. The molecule has 1 aromatic heterocycles. The SMILES string of the molecule is CC(C)(C)n1cnc(C(=O)N2CC3(CCCC3)[C@H]2c2ccccc2)n1. The second-order valence-corrected chi connectivity index (χ2v) is 8.50. The van der Waals surface area contributed by atoms with Crippen molar-refractivity contribution in [2.45, 2.75) is 58.0 Å². The molecule has 0 unspecified atom stereocenters. The van der Waals surface area contributed by atoms with Gasteiger partial charge in [-0.1, -0.05) is 43.2 Å². The Morgan fingerprint density at radius 2 is 1.84 bits per heavy atom. The molecular formula is C20H26N4O. The van der Waals surface area contributed by atoms with Crippen molar-refractivity contribution in [2.24, 2.45) is 5.41 Å². The maximum Gasteiger partial charge on any atom is 0.294 e. The average Bonchev–Trinajstić information content (AvgIpc) is 3.23. The highest BCUT2D eigenvalue weighted by Crippen LogP contribution is 2.58. The Kier molecular flexibility index (Phi) is 3.71. The zero-order valence-electron chi connectivity index (χ0n) is 15.3. The van der Waals surface area contributed by atoms with Crippen molar-refractivity contribution >= 4 is 5.91 Å². The van der Waals surface area contributed by atoms with E-state index in [9.17, 15) is 4.79 Å². The van der Waals surface area contributed by atoms with Crippen molar-refractivity contribution in [2.75, 3.05) is 6.54 Å². The molecule has 1 saturated carbocycles. The van der Waals surface area contributed by atoms with E-state index in [0.717, 1.165) is 6.54 Å². The molecule has 132 valence electrons. The lowest BCUT2D eigenvalue weighted by atomic mass is 9.67. The van der Waals surface area contributed by atoms with E-state index in [-0.39, 0.29) is 22.9 Å². The highest BCUT2D eigenvalue weighted by atomic mass is 16.2. The van der Waals surface area contributed by atoms with E-state index in [1.165, 1.54) is 31.2 Å². The van der Waals surface area contributed by atoms with Gasteiger partial charge in [-0.2, -0.15) is 0 Å². The van der Waals surface area contributed by atoms with Crippen LogP contribution in [0, 0.1) is 5.41 Å². The third-order valence-electron chi connectivity index (χ3n) is 5.72. The predicted octanol–water partition coefficient (Wildman–Crippen LogP) is 3.79. The van der Waals surface area contributed by atoms with Gasteiger partial charge in [0.15, 0.2) is 0 Å². The minimum atomic E-state index is -0.175. The van der Waals surface area contributed by atoms with Crippen LogP contribution < -0.4 is 0 Å². The summed E-state index contributed by atoms with van der Waals surface area (Å²) >= 11 is 0. The van der Waals surface area contributed by atoms with Crippen molar-refractivity contribution in [3.05, 3.63) is 48.0 Å². The molecule has 5 nitrogen and oxygen atoms in total. The molecule has 0 N–H and O–H groups in total. The molecule has 1 aromatic carbocycles. The summed E-state index contributed by atoms with van der Waals surface area (Å²) in [7, 11) is 0. The van der Waals surface area contributed by atoms with Gasteiger partial charge in [0.25, 0.3) is 5.91 Å². The molecule has 1 aliphatic carbocycles. The van der Waals surface area contributed by atoms with E-state index in [1.54, 1.807) is 11.0 Å². The first kappa shape index (κ1) is 16.3. The van der Waals surface area contributed by atoms with E-state index in [0.29, 0.717) is 5.82 Å². The zero-order valence-corrected chi connectivity index (χ0v) is 15.3. The molecule has 0 bridgehead atoms. The van der Waals surface area contributed by atoms with E-state index < -0.39 is 0 Å². The molecule has 25 heavy (non-hydrogen) atoms. The van der Waals surface area contributed by atoms with E-state index in [2.05, 4.69) is 55.1 Å². The molecule has 5 heteroatoms. The second kappa shape index (κ2) is 5.68. The number of aromatic nitrogens is 3. The van der Waals surface area contributed by atoms with Gasteiger partial charge in [0.1, 0.15) is 6.33 Å². The molecule has 2 heterocycles. The monoisotopic (exact) mass is 338 g/mol. The number of carbonyl (C=O) groups is 1. The van der Waals surface area contributed by atoms with Crippen LogP contribution >= 0.6 is 0 Å². The molecule has 2 fully saturated rings. The maximum absolute atomic E-state index is 13.1. The van der Waals surface area contributed by atoms with Crippen LogP contribution in [0.2, 0.25) is 0 Å². The summed E-state index contributed by atoms with van der Waals surface area (Å²) in [5, 5.41) is 4.44. The van der Waals surface area contributed by atoms with E-state index >= 15 is 0 Å². The minimum Gasteiger partial charge on any atom is -0.328 e. The third kappa shape index (κ3) is 2.66. The highest BCUT2D eigenvalue weighted by molar-refractivity contribution is 5.91. The highest BCUT2D eigenvalue weighted by Gasteiger charge is 2.56. The van der Waals surface area contributed by atoms with E-state index in [4.69, 9.17) is 0 Å². The first-order valence-corrected chi connectivity index (χ1v) is 9.19. The van der Waals surface area contributed by atoms with Crippen LogP contribution in [0.3, 0.4) is 0 Å². The van der Waals surface area contributed by atoms with Gasteiger partial charge in [0.2, 0.25) is 5.82 Å². The predicted molar refractivity (Wildman–Crippen MR) is 96.1 cm³/mol. The molecule has 1 atom stereocenters. The van der Waals surface area contributed by atoms with Crippen LogP contribution in [0.1, 0.15) is 68.7 Å². The van der Waals surface area contributed by atoms with Crippen LogP contribution in [-0.4, -0.2) is 32.1 Å². The molecule has 2 aliphatic rings. The standard InChI is InChI=1S/C20H26N4O/c1-19(2,3)24-14-21-17(22-24)18(25)23-13-20(11-7-8-12-20)16(23)15-9-5-4-6-10-15/h4-6,9-10,14,16H,7-8,11-13H2,1-3H3/t16-/m1/s1. The summed E-state index contributed by atoms with van der Waals surface area (Å²) in [4.78, 5) is 19.3. The number of carbonyl (C=O) groups excluding carboxylic acids is 1. The maximum atomic E-state index is 13.1. The quantitative estimate of drug-likeness (QED) is 0.837. The fourth-order valence-electron chi connectivity index (χ4n) is 4.42. The number of hydrogen-bond acceptors (Lipinski definition) is 3. The summed E-state index contributed by atoms with van der Waals surface area (Å²) in [5.41, 5.74) is 1.31. The van der Waals surface area contributed by atoms with Crippen LogP contribution in [0.25, 0.3) is 0 Å². The third-order valence-corrected chi connectivity index (χ3v) is 5.72. The summed E-state index contributed by atoms with van der Waals surface area (Å²) in [6, 6.07) is 10.6. The number of nitrogens with zero attached hydrogens (tertiary/aromatic N) is 4. The smallest absolute Gasteiger partial charge is 0.294 e. The van der Waals surface area contributed by atoms with Crippen molar-refractivity contribution in [3.8, 4) is 0 Å². The van der Waals surface area contributed by atoms with Crippen molar-refractivity contribution < 1.29 is 4.79 Å². The summed E-state index contributed by atoms with van der Waals surface area (Å²) in [6.07, 6.45) is 6.61. The van der Waals surface area contributed by atoms with Crippen LogP contribution in [0.4, 0.5) is 0 Å². The fraction of sp³-hybridized carbons (Fsp3) is 0.550. The summed E-state index contributed by atoms with van der Waals surface area (Å²) in [5.74, 6) is 0.262. The lowest BCUT2D eigenvalue weighted by molar-refractivity contribution is -0.0518. The first-order chi connectivity index (χ1) is 11.9. The fourth-order valence-corrected chi connectivity index (χ4v) is 4.42. The Bertz CT molecular complexity index is 768. The summed E-state index contributed by atoms with van der Waals surface area (Å²) < 4.78 is 1.77. The van der Waals surface area contributed by atoms with Crippen LogP contribution in [-0.2, 0) is 5.54 Å². The Balaban J connectivity index is 1.63. The van der Waals surface area contributed by atoms with Crippen LogP contribution in [0.5, 0.6) is 0 Å². The van der Waals surface area contributed by atoms with Crippen molar-refractivity contribution in [1.29, 1.82) is 0 Å². The molecule has 1 amide bonds. The molecule has 1 saturated heterocycles. The molecule has 0 radical (unpaired) electrons. The average molecular weight is 338 g/mol. The van der Waals surface area contributed by atoms with Gasteiger partial charge in [0, 0.05) is 12.0 Å². The minimum absolute atomic E-state index is 0.0469. The van der Waals surface area contributed by atoms with Gasteiger partial charge in [-0.15, -0.1) is 5.10 Å². The zero-order chi connectivity index (χ0) is 17.7. The number of likely N-dealkylation sites (tertiary alicyclic amines) is 1. The molecule has 1 spiro atoms. The van der Waals surface area contributed by atoms with Gasteiger partial charge in [-0.3, -0.25) is 4.79 Å². The Hall–Kier alpha value is -2.17. The topological polar surface area (TPSA) is 51.0 Å². The number of rotatable bonds is 2. The Morgan fingerprint density at radius 1 is 1.16 bits per heavy atom. The molecule has 4 rings (SSSR count). The Morgan fingerprint density at radius 3 is 2.44 bits per heavy atom. The van der Waals surface area contributed by atoms with Gasteiger partial charge < -0.3 is 4.90 Å². The second-order valence-electron chi connectivity index (χ2n) is 8.50. The molecule has 1 aliphatic heterocycles.